The normalized spacial score (nSPS) is 11.0. The summed E-state index contributed by atoms with van der Waals surface area (Å²) in [6, 6.07) is 53.3. The summed E-state index contributed by atoms with van der Waals surface area (Å²) < 4.78 is 4.37. The van der Waals surface area contributed by atoms with Gasteiger partial charge in [-0.1, -0.05) is 91.0 Å². The molecular weight excluding hydrogens is 713 g/mol. The number of hydrogen-bond donors (Lipinski definition) is 0. The first-order valence-corrected chi connectivity index (χ1v) is 18.4. The second kappa shape index (κ2) is 13.5. The molecule has 0 aliphatic rings. The van der Waals surface area contributed by atoms with Crippen molar-refractivity contribution >= 4 is 60.7 Å². The molecule has 0 amide bonds. The molecule has 0 saturated heterocycles. The van der Waals surface area contributed by atoms with Crippen molar-refractivity contribution in [1.82, 2.24) is 19.1 Å². The lowest BCUT2D eigenvalue weighted by molar-refractivity contribution is 1.16. The van der Waals surface area contributed by atoms with Crippen LogP contribution in [0.3, 0.4) is 0 Å². The molecule has 0 aliphatic carbocycles. The van der Waals surface area contributed by atoms with Crippen LogP contribution in [0.1, 0.15) is 5.56 Å². The number of aromatic nitrogens is 4. The number of nitrogens with zero attached hydrogens (tertiary/aromatic N) is 8. The highest BCUT2D eigenvalue weighted by Crippen LogP contribution is 2.41. The number of rotatable bonds is 5. The van der Waals surface area contributed by atoms with Gasteiger partial charge in [-0.2, -0.15) is 5.26 Å². The lowest BCUT2D eigenvalue weighted by Crippen LogP contribution is -2.00. The lowest BCUT2D eigenvalue weighted by Gasteiger charge is -2.15. The molecule has 266 valence electrons. The smallest absolute Gasteiger partial charge is 0.211 e. The van der Waals surface area contributed by atoms with Crippen molar-refractivity contribution in [3.05, 3.63) is 198 Å². The van der Waals surface area contributed by atoms with Crippen LogP contribution in [0.15, 0.2) is 158 Å². The maximum Gasteiger partial charge on any atom is 0.211 e. The molecule has 0 fully saturated rings. The molecule has 0 N–H and O–H groups in total. The second-order valence-electron chi connectivity index (χ2n) is 13.8. The average Bonchev–Trinajstić information content (AvgIpc) is 3.81. The lowest BCUT2D eigenvalue weighted by atomic mass is 10.00. The predicted octanol–water partition coefficient (Wildman–Crippen LogP) is 13.2. The minimum Gasteiger partial charge on any atom is -0.319 e. The number of nitriles is 1. The van der Waals surface area contributed by atoms with E-state index in [1.165, 1.54) is 10.8 Å². The molecule has 58 heavy (non-hydrogen) atoms. The minimum atomic E-state index is 0.329. The number of hydrogen-bond acceptors (Lipinski definition) is 3. The Morgan fingerprint density at radius 2 is 1.05 bits per heavy atom. The monoisotopic (exact) mass is 738 g/mol. The van der Waals surface area contributed by atoms with E-state index in [4.69, 9.17) is 29.7 Å². The first-order chi connectivity index (χ1) is 28.6. The van der Waals surface area contributed by atoms with Crippen molar-refractivity contribution in [2.45, 2.75) is 0 Å². The van der Waals surface area contributed by atoms with Gasteiger partial charge in [0.1, 0.15) is 0 Å². The summed E-state index contributed by atoms with van der Waals surface area (Å²) >= 11 is 0. The van der Waals surface area contributed by atoms with E-state index in [9.17, 15) is 5.26 Å². The summed E-state index contributed by atoms with van der Waals surface area (Å²) in [4.78, 5) is 21.0. The van der Waals surface area contributed by atoms with Gasteiger partial charge in [0.25, 0.3) is 0 Å². The summed E-state index contributed by atoms with van der Waals surface area (Å²) in [6.45, 7) is 23.6. The minimum absolute atomic E-state index is 0.329. The summed E-state index contributed by atoms with van der Waals surface area (Å²) in [5.41, 5.74) is 9.98. The largest absolute Gasteiger partial charge is 0.319 e. The number of fused-ring (bicyclic) bond motifs is 6. The zero-order valence-corrected chi connectivity index (χ0v) is 30.6. The standard InChI is InChI=1S/C50H26N8/c1-52-34-14-10-12-31(24-34)42-29-43(56-50(55-42)32-13-11-15-35(25-32)53-2)40-28-44(54-3)49(26-33(40)30-51)58-47-21-9-6-18-39(47)41-27-36(22-23-48(41)58)57-45-19-7-4-16-37(45)38-17-5-8-20-46(38)57/h4-29H. The Morgan fingerprint density at radius 1 is 0.483 bits per heavy atom. The second-order valence-corrected chi connectivity index (χ2v) is 13.8. The van der Waals surface area contributed by atoms with E-state index >= 15 is 0 Å². The molecule has 10 aromatic rings. The van der Waals surface area contributed by atoms with E-state index in [-0.39, 0.29) is 0 Å². The van der Waals surface area contributed by atoms with Gasteiger partial charge >= 0.3 is 0 Å². The maximum absolute atomic E-state index is 10.8. The van der Waals surface area contributed by atoms with Crippen LogP contribution in [0.4, 0.5) is 17.1 Å². The van der Waals surface area contributed by atoms with E-state index in [0.717, 1.165) is 38.5 Å². The van der Waals surface area contributed by atoms with E-state index < -0.39 is 0 Å². The van der Waals surface area contributed by atoms with Gasteiger partial charge in [-0.05, 0) is 72.3 Å². The molecule has 0 spiro atoms. The highest BCUT2D eigenvalue weighted by molar-refractivity contribution is 6.12. The molecule has 0 unspecified atom stereocenters. The van der Waals surface area contributed by atoms with Crippen LogP contribution in [0.2, 0.25) is 0 Å². The third-order valence-corrected chi connectivity index (χ3v) is 10.6. The summed E-state index contributed by atoms with van der Waals surface area (Å²) in [6.07, 6.45) is 0. The fourth-order valence-electron chi connectivity index (χ4n) is 8.02. The SMILES string of the molecule is [C-]#[N+]c1cccc(-c2cc(-c3cc([N+]#[C-])c(-n4c5ccccc5c5cc(-n6c7ccccc7c7ccccc76)ccc54)cc3C#N)nc(-c3cccc([N+]#[C-])c3)n2)c1. The van der Waals surface area contributed by atoms with Crippen LogP contribution in [0, 0.1) is 31.0 Å². The van der Waals surface area contributed by atoms with E-state index in [2.05, 4.69) is 103 Å². The van der Waals surface area contributed by atoms with Crippen LogP contribution in [0.5, 0.6) is 0 Å². The molecule has 3 heterocycles. The van der Waals surface area contributed by atoms with E-state index in [1.54, 1.807) is 54.6 Å². The molecule has 0 radical (unpaired) electrons. The molecule has 0 saturated carbocycles. The quantitative estimate of drug-likeness (QED) is 0.165. The van der Waals surface area contributed by atoms with Crippen LogP contribution < -0.4 is 0 Å². The third-order valence-electron chi connectivity index (χ3n) is 10.6. The number of para-hydroxylation sites is 3. The zero-order chi connectivity index (χ0) is 39.3. The van der Waals surface area contributed by atoms with Crippen molar-refractivity contribution < 1.29 is 0 Å². The molecule has 0 aliphatic heterocycles. The van der Waals surface area contributed by atoms with Gasteiger partial charge in [-0.25, -0.2) is 24.5 Å². The van der Waals surface area contributed by atoms with Gasteiger partial charge in [0.05, 0.1) is 70.5 Å². The fourth-order valence-corrected chi connectivity index (χ4v) is 8.02. The topological polar surface area (TPSA) is 72.5 Å². The first-order valence-electron chi connectivity index (χ1n) is 18.4. The zero-order valence-electron chi connectivity index (χ0n) is 30.6. The number of benzene rings is 7. The van der Waals surface area contributed by atoms with Gasteiger partial charge in [0.2, 0.25) is 5.69 Å². The van der Waals surface area contributed by atoms with Crippen LogP contribution >= 0.6 is 0 Å². The van der Waals surface area contributed by atoms with Gasteiger partial charge in [0.15, 0.2) is 17.2 Å². The summed E-state index contributed by atoms with van der Waals surface area (Å²) in [7, 11) is 0. The van der Waals surface area contributed by atoms with Gasteiger partial charge in [-0.3, -0.25) is 0 Å². The Balaban J connectivity index is 1.18. The molecule has 0 bridgehead atoms. The maximum atomic E-state index is 10.8. The van der Waals surface area contributed by atoms with Crippen molar-refractivity contribution in [3.8, 4) is 51.3 Å². The van der Waals surface area contributed by atoms with Crippen molar-refractivity contribution in [1.29, 1.82) is 5.26 Å². The van der Waals surface area contributed by atoms with Gasteiger partial charge in [0, 0.05) is 38.4 Å². The van der Waals surface area contributed by atoms with Crippen molar-refractivity contribution in [3.63, 3.8) is 0 Å². The molecule has 10 rings (SSSR count). The van der Waals surface area contributed by atoms with Crippen LogP contribution in [0.25, 0.3) is 103 Å². The summed E-state index contributed by atoms with van der Waals surface area (Å²) in [5.74, 6) is 0.352. The predicted molar refractivity (Wildman–Crippen MR) is 231 cm³/mol. The Morgan fingerprint density at radius 3 is 1.69 bits per heavy atom. The highest BCUT2D eigenvalue weighted by Gasteiger charge is 2.21. The first kappa shape index (κ1) is 33.7. The molecule has 0 atom stereocenters. The third kappa shape index (κ3) is 5.35. The van der Waals surface area contributed by atoms with Crippen molar-refractivity contribution in [2.24, 2.45) is 0 Å². The Kier molecular flexibility index (Phi) is 7.84. The van der Waals surface area contributed by atoms with Gasteiger partial charge < -0.3 is 9.13 Å². The molecule has 7 aromatic carbocycles. The molecule has 8 nitrogen and oxygen atoms in total. The van der Waals surface area contributed by atoms with Gasteiger partial charge in [-0.15, -0.1) is 0 Å². The van der Waals surface area contributed by atoms with E-state index in [0.29, 0.717) is 62.2 Å². The molecule has 8 heteroatoms. The highest BCUT2D eigenvalue weighted by atomic mass is 15.0. The van der Waals surface area contributed by atoms with Crippen LogP contribution in [-0.2, 0) is 0 Å². The molecule has 3 aromatic heterocycles. The Bertz CT molecular complexity index is 3390. The Hall–Kier alpha value is -8.82. The average molecular weight is 739 g/mol. The Labute approximate surface area is 332 Å². The van der Waals surface area contributed by atoms with Crippen LogP contribution in [-0.4, -0.2) is 19.1 Å². The van der Waals surface area contributed by atoms with E-state index in [1.807, 2.05) is 30.3 Å². The fraction of sp³-hybridized carbons (Fsp3) is 0. The summed E-state index contributed by atoms with van der Waals surface area (Å²) in [5, 5.41) is 15.2. The molecular formula is C50H26N8. The van der Waals surface area contributed by atoms with Crippen molar-refractivity contribution in [2.75, 3.05) is 0 Å².